The highest BCUT2D eigenvalue weighted by atomic mass is 32.2. The number of nitrogens with zero attached hydrogens (tertiary/aromatic N) is 1. The number of sulfone groups is 1. The van der Waals surface area contributed by atoms with Gasteiger partial charge in [-0.2, -0.15) is 0 Å². The molecule has 0 saturated carbocycles. The van der Waals surface area contributed by atoms with Crippen LogP contribution in [0.25, 0.3) is 0 Å². The Morgan fingerprint density at radius 2 is 2.25 bits per heavy atom. The van der Waals surface area contributed by atoms with Gasteiger partial charge < -0.3 is 4.74 Å². The van der Waals surface area contributed by atoms with E-state index in [1.807, 2.05) is 0 Å². The van der Waals surface area contributed by atoms with Crippen molar-refractivity contribution in [3.8, 4) is 5.75 Å². The van der Waals surface area contributed by atoms with Gasteiger partial charge in [-0.05, 0) is 0 Å². The smallest absolute Gasteiger partial charge is 0.192 e. The highest BCUT2D eigenvalue weighted by Gasteiger charge is 2.08. The zero-order valence-electron chi connectivity index (χ0n) is 6.73. The molecule has 0 aliphatic rings. The third-order valence-electron chi connectivity index (χ3n) is 1.25. The summed E-state index contributed by atoms with van der Waals surface area (Å²) < 4.78 is 26.7. The number of hydrogen-bond donors (Lipinski definition) is 0. The molecule has 0 spiro atoms. The van der Waals surface area contributed by atoms with Gasteiger partial charge in [-0.1, -0.05) is 0 Å². The Balaban J connectivity index is 3.20. The molecule has 1 radical (unpaired) electrons. The predicted octanol–water partition coefficient (Wildman–Crippen LogP) is 0.294. The molecule has 0 unspecified atom stereocenters. The highest BCUT2D eigenvalue weighted by Crippen LogP contribution is 2.12. The van der Waals surface area contributed by atoms with Gasteiger partial charge >= 0.3 is 0 Å². The van der Waals surface area contributed by atoms with Crippen molar-refractivity contribution in [3.05, 3.63) is 18.3 Å². The van der Waals surface area contributed by atoms with E-state index in [0.717, 1.165) is 6.26 Å². The minimum atomic E-state index is -3.25. The van der Waals surface area contributed by atoms with Gasteiger partial charge in [-0.25, -0.2) is 13.4 Å². The molecule has 0 aromatic carbocycles. The van der Waals surface area contributed by atoms with Gasteiger partial charge in [0.25, 0.3) is 0 Å². The molecule has 5 heteroatoms. The van der Waals surface area contributed by atoms with E-state index < -0.39 is 9.84 Å². The van der Waals surface area contributed by atoms with Gasteiger partial charge in [0.05, 0.1) is 7.11 Å². The number of rotatable bonds is 2. The van der Waals surface area contributed by atoms with Crippen LogP contribution in [0.3, 0.4) is 0 Å². The van der Waals surface area contributed by atoms with E-state index in [1.54, 1.807) is 0 Å². The van der Waals surface area contributed by atoms with Gasteiger partial charge in [0.15, 0.2) is 14.9 Å². The molecule has 4 nitrogen and oxygen atoms in total. The monoisotopic (exact) mass is 186 g/mol. The summed E-state index contributed by atoms with van der Waals surface area (Å²) >= 11 is 0. The molecule has 1 aromatic rings. The Bertz CT molecular complexity index is 372. The average Bonchev–Trinajstić information content (AvgIpc) is 2.03. The third-order valence-corrected chi connectivity index (χ3v) is 2.24. The van der Waals surface area contributed by atoms with Crippen LogP contribution >= 0.6 is 0 Å². The summed E-state index contributed by atoms with van der Waals surface area (Å²) in [4.78, 5) is 3.64. The minimum Gasteiger partial charge on any atom is -0.496 e. The standard InChI is InChI=1S/C7H8NO3S/c1-11-6-3-4-8-7(5-6)12(2,9)10/h4-5H,1-2H3. The van der Waals surface area contributed by atoms with E-state index >= 15 is 0 Å². The van der Waals surface area contributed by atoms with E-state index in [0.29, 0.717) is 5.75 Å². The predicted molar refractivity (Wildman–Crippen MR) is 42.7 cm³/mol. The van der Waals surface area contributed by atoms with E-state index in [4.69, 9.17) is 4.74 Å². The Hall–Kier alpha value is -1.10. The third kappa shape index (κ3) is 1.94. The first kappa shape index (κ1) is 8.99. The van der Waals surface area contributed by atoms with Gasteiger partial charge in [0.1, 0.15) is 5.75 Å². The number of pyridine rings is 1. The minimum absolute atomic E-state index is 0.00176. The fourth-order valence-electron chi connectivity index (χ4n) is 0.671. The van der Waals surface area contributed by atoms with Crippen LogP contribution in [0.1, 0.15) is 0 Å². The second-order valence-electron chi connectivity index (χ2n) is 2.23. The molecular weight excluding hydrogens is 178 g/mol. The molecule has 12 heavy (non-hydrogen) atoms. The molecule has 0 atom stereocenters. The van der Waals surface area contributed by atoms with Gasteiger partial charge in [0, 0.05) is 24.6 Å². The number of hydrogen-bond acceptors (Lipinski definition) is 4. The van der Waals surface area contributed by atoms with Crippen LogP contribution in [-0.2, 0) is 9.84 Å². The summed E-state index contributed by atoms with van der Waals surface area (Å²) in [5.74, 6) is 0.366. The molecule has 0 bridgehead atoms. The second-order valence-corrected chi connectivity index (χ2v) is 4.19. The van der Waals surface area contributed by atoms with Crippen molar-refractivity contribution < 1.29 is 13.2 Å². The summed E-state index contributed by atoms with van der Waals surface area (Å²) in [5, 5.41) is -0.00176. The van der Waals surface area contributed by atoms with Crippen LogP contribution in [0.2, 0.25) is 0 Å². The molecular formula is C7H8NO3S. The fraction of sp³-hybridized carbons (Fsp3) is 0.286. The van der Waals surface area contributed by atoms with Gasteiger partial charge in [-0.15, -0.1) is 0 Å². The first-order valence-electron chi connectivity index (χ1n) is 3.16. The SMILES string of the molecule is COc1[c]cnc(S(C)(=O)=O)c1. The lowest BCUT2D eigenvalue weighted by atomic mass is 10.5. The number of methoxy groups -OCH3 is 1. The van der Waals surface area contributed by atoms with Crippen molar-refractivity contribution in [1.82, 2.24) is 4.98 Å². The molecule has 65 valence electrons. The summed E-state index contributed by atoms with van der Waals surface area (Å²) in [6, 6.07) is 3.96. The maximum Gasteiger partial charge on any atom is 0.192 e. The van der Waals surface area contributed by atoms with Crippen LogP contribution in [0.5, 0.6) is 5.75 Å². The molecule has 0 aliphatic carbocycles. The molecule has 0 aliphatic heterocycles. The lowest BCUT2D eigenvalue weighted by Crippen LogP contribution is -2.00. The molecule has 1 rings (SSSR count). The highest BCUT2D eigenvalue weighted by molar-refractivity contribution is 7.90. The lowest BCUT2D eigenvalue weighted by molar-refractivity contribution is 0.411. The number of ether oxygens (including phenoxy) is 1. The molecule has 0 fully saturated rings. The van der Waals surface area contributed by atoms with Crippen molar-refractivity contribution >= 4 is 9.84 Å². The van der Waals surface area contributed by atoms with E-state index in [2.05, 4.69) is 11.1 Å². The Morgan fingerprint density at radius 3 is 2.75 bits per heavy atom. The van der Waals surface area contributed by atoms with Crippen molar-refractivity contribution in [1.29, 1.82) is 0 Å². The molecule has 0 saturated heterocycles. The maximum atomic E-state index is 11.0. The normalized spacial score (nSPS) is 11.2. The topological polar surface area (TPSA) is 56.3 Å². The summed E-state index contributed by atoms with van der Waals surface area (Å²) in [7, 11) is -1.80. The van der Waals surface area contributed by atoms with E-state index in [9.17, 15) is 8.42 Å². The van der Waals surface area contributed by atoms with Crippen LogP contribution < -0.4 is 4.74 Å². The van der Waals surface area contributed by atoms with Crippen molar-refractivity contribution in [2.45, 2.75) is 5.03 Å². The first-order valence-corrected chi connectivity index (χ1v) is 5.05. The van der Waals surface area contributed by atoms with Gasteiger partial charge in [0.2, 0.25) is 0 Å². The van der Waals surface area contributed by atoms with E-state index in [-0.39, 0.29) is 5.03 Å². The zero-order valence-corrected chi connectivity index (χ0v) is 7.55. The Morgan fingerprint density at radius 1 is 1.58 bits per heavy atom. The largest absolute Gasteiger partial charge is 0.496 e. The van der Waals surface area contributed by atoms with Crippen LogP contribution in [0, 0.1) is 6.07 Å². The summed E-state index contributed by atoms with van der Waals surface area (Å²) in [6.45, 7) is 0. The molecule has 0 N–H and O–H groups in total. The van der Waals surface area contributed by atoms with Crippen LogP contribution in [0.4, 0.5) is 0 Å². The second kappa shape index (κ2) is 3.10. The maximum absolute atomic E-state index is 11.0. The first-order chi connectivity index (χ1) is 5.54. The lowest BCUT2D eigenvalue weighted by Gasteiger charge is -1.99. The summed E-state index contributed by atoms with van der Waals surface area (Å²) in [5.41, 5.74) is 0. The van der Waals surface area contributed by atoms with Gasteiger partial charge in [-0.3, -0.25) is 0 Å². The quantitative estimate of drug-likeness (QED) is 0.666. The number of aromatic nitrogens is 1. The molecule has 1 aromatic heterocycles. The summed E-state index contributed by atoms with van der Waals surface area (Å²) in [6.07, 6.45) is 2.37. The Labute approximate surface area is 71.1 Å². The van der Waals surface area contributed by atoms with Crippen molar-refractivity contribution in [3.63, 3.8) is 0 Å². The van der Waals surface area contributed by atoms with Crippen molar-refractivity contribution in [2.75, 3.05) is 13.4 Å². The fourth-order valence-corrected chi connectivity index (χ4v) is 1.24. The van der Waals surface area contributed by atoms with Crippen LogP contribution in [0.15, 0.2) is 17.3 Å². The average molecular weight is 186 g/mol. The zero-order chi connectivity index (χ0) is 9.19. The van der Waals surface area contributed by atoms with E-state index in [1.165, 1.54) is 19.4 Å². The van der Waals surface area contributed by atoms with Crippen molar-refractivity contribution in [2.24, 2.45) is 0 Å². The molecule has 0 amide bonds. The molecule has 1 heterocycles. The van der Waals surface area contributed by atoms with Crippen LogP contribution in [-0.4, -0.2) is 26.8 Å². The Kier molecular flexibility index (Phi) is 2.32.